The number of hydrogen-bond donors (Lipinski definition) is 1. The Morgan fingerprint density at radius 3 is 2.63 bits per heavy atom. The van der Waals surface area contributed by atoms with Crippen LogP contribution >= 0.6 is 0 Å². The van der Waals surface area contributed by atoms with Gasteiger partial charge in [-0.3, -0.25) is 9.48 Å². The van der Waals surface area contributed by atoms with E-state index in [-0.39, 0.29) is 6.54 Å². The monoisotopic (exact) mass is 264 g/mol. The Balaban J connectivity index is 2.42. The quantitative estimate of drug-likeness (QED) is 0.858. The molecule has 8 nitrogen and oxygen atoms in total. The minimum absolute atomic E-state index is 0.228. The Morgan fingerprint density at radius 2 is 2.11 bits per heavy atom. The van der Waals surface area contributed by atoms with Gasteiger partial charge in [0.25, 0.3) is 0 Å². The first-order valence-electron chi connectivity index (χ1n) is 5.91. The molecule has 0 aliphatic heterocycles. The van der Waals surface area contributed by atoms with Crippen LogP contribution in [-0.2, 0) is 18.4 Å². The molecule has 19 heavy (non-hydrogen) atoms. The number of carbonyl (C=O) groups is 1. The maximum absolute atomic E-state index is 10.9. The number of nitrogens with zero attached hydrogens (tertiary/aromatic N) is 6. The van der Waals surface area contributed by atoms with Crippen LogP contribution in [-0.4, -0.2) is 41.1 Å². The first-order chi connectivity index (χ1) is 8.91. The highest BCUT2D eigenvalue weighted by Crippen LogP contribution is 2.24. The van der Waals surface area contributed by atoms with Gasteiger partial charge >= 0.3 is 5.97 Å². The highest BCUT2D eigenvalue weighted by Gasteiger charge is 2.21. The summed E-state index contributed by atoms with van der Waals surface area (Å²) in [7, 11) is 1.85. The fourth-order valence-electron chi connectivity index (χ4n) is 1.94. The van der Waals surface area contributed by atoms with Crippen LogP contribution in [0.15, 0.2) is 0 Å². The summed E-state index contributed by atoms with van der Waals surface area (Å²) in [6.07, 6.45) is 0. The highest BCUT2D eigenvalue weighted by molar-refractivity contribution is 5.69. The van der Waals surface area contributed by atoms with E-state index in [1.54, 1.807) is 11.6 Å². The number of aryl methyl sites for hydroxylation is 2. The van der Waals surface area contributed by atoms with E-state index in [0.717, 1.165) is 17.0 Å². The number of carboxylic acids is 1. The van der Waals surface area contributed by atoms with Crippen molar-refractivity contribution in [2.45, 2.75) is 27.3 Å². The predicted octanol–water partition coefficient (Wildman–Crippen LogP) is 0.411. The van der Waals surface area contributed by atoms with Gasteiger partial charge < -0.3 is 5.11 Å². The van der Waals surface area contributed by atoms with Gasteiger partial charge in [-0.15, -0.1) is 5.10 Å². The van der Waals surface area contributed by atoms with Gasteiger partial charge in [-0.25, -0.2) is 4.68 Å². The zero-order valence-electron chi connectivity index (χ0n) is 11.3. The molecule has 0 fully saturated rings. The maximum atomic E-state index is 10.9. The first-order valence-corrected chi connectivity index (χ1v) is 5.91. The zero-order valence-corrected chi connectivity index (χ0v) is 11.3. The molecule has 0 saturated carbocycles. The average molecular weight is 264 g/mol. The maximum Gasteiger partial charge on any atom is 0.308 e. The fraction of sp³-hybridized carbons (Fsp3) is 0.545. The molecule has 2 aromatic rings. The Hall–Kier alpha value is -2.25. The Kier molecular flexibility index (Phi) is 3.32. The van der Waals surface area contributed by atoms with Crippen molar-refractivity contribution in [3.63, 3.8) is 0 Å². The number of rotatable bonds is 4. The van der Waals surface area contributed by atoms with Gasteiger partial charge in [-0.05, 0) is 24.3 Å². The van der Waals surface area contributed by atoms with E-state index in [1.165, 1.54) is 4.68 Å². The smallest absolute Gasteiger partial charge is 0.308 e. The Bertz CT molecular complexity index is 615. The SMILES string of the molecule is Cc1nn(C)c(C)c1-c1nnnn1CC(C)C(=O)O. The molecule has 0 bridgehead atoms. The minimum Gasteiger partial charge on any atom is -0.481 e. The molecule has 0 radical (unpaired) electrons. The van der Waals surface area contributed by atoms with Gasteiger partial charge in [0.05, 0.1) is 23.7 Å². The van der Waals surface area contributed by atoms with Crippen molar-refractivity contribution < 1.29 is 9.90 Å². The predicted molar refractivity (Wildman–Crippen MR) is 66.3 cm³/mol. The molecule has 2 aromatic heterocycles. The summed E-state index contributed by atoms with van der Waals surface area (Å²) >= 11 is 0. The summed E-state index contributed by atoms with van der Waals surface area (Å²) < 4.78 is 3.26. The van der Waals surface area contributed by atoms with Gasteiger partial charge in [-0.1, -0.05) is 6.92 Å². The Labute approximate surface area is 110 Å². The summed E-state index contributed by atoms with van der Waals surface area (Å²) in [6, 6.07) is 0. The molecule has 102 valence electrons. The van der Waals surface area contributed by atoms with Crippen LogP contribution in [0.5, 0.6) is 0 Å². The third-order valence-electron chi connectivity index (χ3n) is 3.13. The summed E-state index contributed by atoms with van der Waals surface area (Å²) in [5, 5.41) is 24.8. The van der Waals surface area contributed by atoms with E-state index in [0.29, 0.717) is 5.82 Å². The molecule has 8 heteroatoms. The fourth-order valence-corrected chi connectivity index (χ4v) is 1.94. The second kappa shape index (κ2) is 4.79. The van der Waals surface area contributed by atoms with Crippen LogP contribution in [0.2, 0.25) is 0 Å². The van der Waals surface area contributed by atoms with Gasteiger partial charge in [0, 0.05) is 12.7 Å². The van der Waals surface area contributed by atoms with Crippen molar-refractivity contribution in [1.82, 2.24) is 30.0 Å². The molecule has 0 saturated heterocycles. The lowest BCUT2D eigenvalue weighted by Gasteiger charge is -2.08. The third-order valence-corrected chi connectivity index (χ3v) is 3.13. The molecular weight excluding hydrogens is 248 g/mol. The van der Waals surface area contributed by atoms with Crippen molar-refractivity contribution in [2.75, 3.05) is 0 Å². The molecule has 1 unspecified atom stereocenters. The van der Waals surface area contributed by atoms with Crippen molar-refractivity contribution >= 4 is 5.97 Å². The van der Waals surface area contributed by atoms with Crippen LogP contribution in [0, 0.1) is 19.8 Å². The van der Waals surface area contributed by atoms with Crippen LogP contribution in [0.1, 0.15) is 18.3 Å². The van der Waals surface area contributed by atoms with Gasteiger partial charge in [-0.2, -0.15) is 5.10 Å². The third kappa shape index (κ3) is 2.33. The van der Waals surface area contributed by atoms with Crippen LogP contribution in [0.25, 0.3) is 11.4 Å². The van der Waals surface area contributed by atoms with Crippen LogP contribution in [0.3, 0.4) is 0 Å². The largest absolute Gasteiger partial charge is 0.481 e. The molecular formula is C11H16N6O2. The van der Waals surface area contributed by atoms with E-state index in [9.17, 15) is 4.79 Å². The van der Waals surface area contributed by atoms with E-state index >= 15 is 0 Å². The normalized spacial score (nSPS) is 12.6. The van der Waals surface area contributed by atoms with Crippen molar-refractivity contribution in [3.05, 3.63) is 11.4 Å². The van der Waals surface area contributed by atoms with Gasteiger partial charge in [0.1, 0.15) is 0 Å². The lowest BCUT2D eigenvalue weighted by molar-refractivity contribution is -0.141. The van der Waals surface area contributed by atoms with Crippen molar-refractivity contribution in [1.29, 1.82) is 0 Å². The summed E-state index contributed by atoms with van der Waals surface area (Å²) in [4.78, 5) is 10.9. The van der Waals surface area contributed by atoms with Crippen molar-refractivity contribution in [2.24, 2.45) is 13.0 Å². The number of tetrazole rings is 1. The number of aliphatic carboxylic acids is 1. The number of hydrogen-bond acceptors (Lipinski definition) is 5. The molecule has 0 aromatic carbocycles. The van der Waals surface area contributed by atoms with Crippen LogP contribution < -0.4 is 0 Å². The Morgan fingerprint density at radius 1 is 1.42 bits per heavy atom. The zero-order chi connectivity index (χ0) is 14.2. The molecule has 1 N–H and O–H groups in total. The molecule has 0 aliphatic carbocycles. The topological polar surface area (TPSA) is 98.7 Å². The standard InChI is InChI=1S/C11H16N6O2/c1-6(11(18)19)5-17-10(12-14-15-17)9-7(2)13-16(4)8(9)3/h6H,5H2,1-4H3,(H,18,19). The average Bonchev–Trinajstić information content (AvgIpc) is 2.85. The van der Waals surface area contributed by atoms with Crippen LogP contribution in [0.4, 0.5) is 0 Å². The second-order valence-corrected chi connectivity index (χ2v) is 4.59. The van der Waals surface area contributed by atoms with Gasteiger partial charge in [0.15, 0.2) is 5.82 Å². The molecule has 0 aliphatic rings. The molecule has 0 amide bonds. The number of carboxylic acid groups (broad SMARTS) is 1. The minimum atomic E-state index is -0.874. The second-order valence-electron chi connectivity index (χ2n) is 4.59. The van der Waals surface area contributed by atoms with E-state index in [4.69, 9.17) is 5.11 Å². The summed E-state index contributed by atoms with van der Waals surface area (Å²) in [5.41, 5.74) is 2.61. The lowest BCUT2D eigenvalue weighted by Crippen LogP contribution is -2.18. The first kappa shape index (κ1) is 13.2. The highest BCUT2D eigenvalue weighted by atomic mass is 16.4. The summed E-state index contributed by atoms with van der Waals surface area (Å²) in [6.45, 7) is 5.65. The van der Waals surface area contributed by atoms with E-state index in [2.05, 4.69) is 20.6 Å². The molecule has 0 spiro atoms. The van der Waals surface area contributed by atoms with E-state index < -0.39 is 11.9 Å². The van der Waals surface area contributed by atoms with E-state index in [1.807, 2.05) is 20.9 Å². The van der Waals surface area contributed by atoms with Crippen molar-refractivity contribution in [3.8, 4) is 11.4 Å². The molecule has 2 rings (SSSR count). The number of aromatic nitrogens is 6. The molecule has 2 heterocycles. The van der Waals surface area contributed by atoms with Gasteiger partial charge in [0.2, 0.25) is 0 Å². The molecule has 1 atom stereocenters. The summed E-state index contributed by atoms with van der Waals surface area (Å²) in [5.74, 6) is -0.878. The lowest BCUT2D eigenvalue weighted by atomic mass is 10.1.